The number of carbonyl (C=O) groups excluding carboxylic acids is 1. The molecule has 4 nitrogen and oxygen atoms in total. The summed E-state index contributed by atoms with van der Waals surface area (Å²) in [7, 11) is 1.88. The van der Waals surface area contributed by atoms with Gasteiger partial charge in [-0.3, -0.25) is 4.79 Å². The van der Waals surface area contributed by atoms with Gasteiger partial charge < -0.3 is 10.6 Å². The summed E-state index contributed by atoms with van der Waals surface area (Å²) in [5.41, 5.74) is 1.96. The van der Waals surface area contributed by atoms with Gasteiger partial charge in [-0.2, -0.15) is 0 Å². The van der Waals surface area contributed by atoms with Crippen molar-refractivity contribution in [1.29, 1.82) is 0 Å². The van der Waals surface area contributed by atoms with Gasteiger partial charge >= 0.3 is 0 Å². The van der Waals surface area contributed by atoms with Crippen molar-refractivity contribution in [3.05, 3.63) is 35.7 Å². The molecule has 6 heteroatoms. The van der Waals surface area contributed by atoms with E-state index in [4.69, 9.17) is 0 Å². The normalized spacial score (nSPS) is 9.85. The number of thiazole rings is 1. The van der Waals surface area contributed by atoms with E-state index in [-0.39, 0.29) is 18.3 Å². The van der Waals surface area contributed by atoms with E-state index in [2.05, 4.69) is 15.6 Å². The summed E-state index contributed by atoms with van der Waals surface area (Å²) in [6.45, 7) is 0.848. The lowest BCUT2D eigenvalue weighted by Crippen LogP contribution is -2.15. The van der Waals surface area contributed by atoms with Gasteiger partial charge in [0.1, 0.15) is 0 Å². The molecule has 2 rings (SSSR count). The van der Waals surface area contributed by atoms with Crippen molar-refractivity contribution in [3.8, 4) is 11.3 Å². The zero-order valence-corrected chi connectivity index (χ0v) is 12.9. The number of carbonyl (C=O) groups is 1. The molecular weight excluding hydrogens is 294 g/mol. The number of amides is 1. The molecule has 1 heterocycles. The smallest absolute Gasteiger partial charge is 0.226 e. The van der Waals surface area contributed by atoms with Crippen molar-refractivity contribution in [3.63, 3.8) is 0 Å². The molecule has 0 aliphatic heterocycles. The second-order valence-electron chi connectivity index (χ2n) is 4.16. The molecule has 0 aliphatic carbocycles. The molecule has 0 saturated heterocycles. The quantitative estimate of drug-likeness (QED) is 0.806. The first kappa shape index (κ1) is 16.6. The first-order valence-electron chi connectivity index (χ1n) is 6.25. The fraction of sp³-hybridized carbons (Fsp3) is 0.286. The molecule has 0 fully saturated rings. The first-order chi connectivity index (χ1) is 9.29. The summed E-state index contributed by atoms with van der Waals surface area (Å²) in [6, 6.07) is 9.94. The maximum absolute atomic E-state index is 11.7. The maximum Gasteiger partial charge on any atom is 0.226 e. The molecule has 0 atom stereocenters. The molecule has 108 valence electrons. The van der Waals surface area contributed by atoms with E-state index < -0.39 is 0 Å². The number of rotatable bonds is 6. The number of nitrogens with zero attached hydrogens (tertiary/aromatic N) is 1. The van der Waals surface area contributed by atoms with Crippen molar-refractivity contribution in [2.24, 2.45) is 0 Å². The first-order valence-corrected chi connectivity index (χ1v) is 7.13. The van der Waals surface area contributed by atoms with E-state index in [0.717, 1.165) is 24.2 Å². The van der Waals surface area contributed by atoms with Crippen molar-refractivity contribution < 1.29 is 4.79 Å². The minimum atomic E-state index is 0. The van der Waals surface area contributed by atoms with Crippen LogP contribution in [0.1, 0.15) is 12.8 Å². The molecule has 2 N–H and O–H groups in total. The summed E-state index contributed by atoms with van der Waals surface area (Å²) >= 11 is 1.45. The molecule has 0 bridgehead atoms. The van der Waals surface area contributed by atoms with Crippen LogP contribution in [0.4, 0.5) is 5.13 Å². The van der Waals surface area contributed by atoms with Crippen LogP contribution in [-0.2, 0) is 4.79 Å². The lowest BCUT2D eigenvalue weighted by molar-refractivity contribution is -0.116. The van der Waals surface area contributed by atoms with Gasteiger partial charge in [0.15, 0.2) is 5.13 Å². The van der Waals surface area contributed by atoms with Gasteiger partial charge in [0.05, 0.1) is 5.69 Å². The highest BCUT2D eigenvalue weighted by atomic mass is 35.5. The van der Waals surface area contributed by atoms with Crippen LogP contribution in [0.5, 0.6) is 0 Å². The average molecular weight is 312 g/mol. The largest absolute Gasteiger partial charge is 0.320 e. The second-order valence-corrected chi connectivity index (χ2v) is 5.02. The van der Waals surface area contributed by atoms with Crippen LogP contribution in [0.3, 0.4) is 0 Å². The summed E-state index contributed by atoms with van der Waals surface area (Å²) in [4.78, 5) is 16.1. The molecule has 0 unspecified atom stereocenters. The van der Waals surface area contributed by atoms with Crippen molar-refractivity contribution in [2.75, 3.05) is 18.9 Å². The van der Waals surface area contributed by atoms with Gasteiger partial charge in [0, 0.05) is 17.4 Å². The number of benzene rings is 1. The number of hydrogen-bond donors (Lipinski definition) is 2. The Morgan fingerprint density at radius 3 is 2.75 bits per heavy atom. The highest BCUT2D eigenvalue weighted by Crippen LogP contribution is 2.24. The molecule has 0 saturated carbocycles. The number of nitrogens with one attached hydrogen (secondary N) is 2. The van der Waals surface area contributed by atoms with Crippen molar-refractivity contribution >= 4 is 34.8 Å². The topological polar surface area (TPSA) is 54.0 Å². The van der Waals surface area contributed by atoms with Gasteiger partial charge in [0.25, 0.3) is 0 Å². The zero-order valence-electron chi connectivity index (χ0n) is 11.3. The molecule has 1 aromatic carbocycles. The molecular formula is C14H18ClN3OS. The van der Waals surface area contributed by atoms with Crippen LogP contribution >= 0.6 is 23.7 Å². The Bertz CT molecular complexity index is 530. The molecule has 2 aromatic rings. The predicted molar refractivity (Wildman–Crippen MR) is 86.6 cm³/mol. The molecule has 0 spiro atoms. The number of aromatic nitrogens is 1. The Morgan fingerprint density at radius 1 is 1.30 bits per heavy atom. The summed E-state index contributed by atoms with van der Waals surface area (Å²) in [5, 5.41) is 8.47. The molecule has 0 aliphatic rings. The van der Waals surface area contributed by atoms with Gasteiger partial charge in [-0.15, -0.1) is 23.7 Å². The molecule has 20 heavy (non-hydrogen) atoms. The molecule has 1 aromatic heterocycles. The van der Waals surface area contributed by atoms with Crippen LogP contribution < -0.4 is 10.6 Å². The van der Waals surface area contributed by atoms with Gasteiger partial charge in [-0.1, -0.05) is 30.3 Å². The summed E-state index contributed by atoms with van der Waals surface area (Å²) in [5.74, 6) is 0.0178. The van der Waals surface area contributed by atoms with Gasteiger partial charge in [0.2, 0.25) is 5.91 Å². The Hall–Kier alpha value is -1.43. The number of hydrogen-bond acceptors (Lipinski definition) is 4. The van der Waals surface area contributed by atoms with E-state index in [1.807, 2.05) is 42.8 Å². The lowest BCUT2D eigenvalue weighted by atomic mass is 10.2. The monoisotopic (exact) mass is 311 g/mol. The third-order valence-corrected chi connectivity index (χ3v) is 3.41. The number of anilines is 1. The van der Waals surface area contributed by atoms with Crippen molar-refractivity contribution in [2.45, 2.75) is 12.8 Å². The van der Waals surface area contributed by atoms with Crippen LogP contribution in [-0.4, -0.2) is 24.5 Å². The molecule has 0 radical (unpaired) electrons. The fourth-order valence-corrected chi connectivity index (χ4v) is 2.42. The van der Waals surface area contributed by atoms with E-state index in [9.17, 15) is 4.79 Å². The lowest BCUT2D eigenvalue weighted by Gasteiger charge is -2.01. The summed E-state index contributed by atoms with van der Waals surface area (Å²) in [6.07, 6.45) is 1.35. The highest BCUT2D eigenvalue weighted by molar-refractivity contribution is 7.14. The van der Waals surface area contributed by atoms with E-state index >= 15 is 0 Å². The van der Waals surface area contributed by atoms with Crippen LogP contribution in [0.25, 0.3) is 11.3 Å². The third-order valence-electron chi connectivity index (χ3n) is 2.65. The second kappa shape index (κ2) is 8.68. The highest BCUT2D eigenvalue weighted by Gasteiger charge is 2.07. The SMILES string of the molecule is CNCCCC(=O)Nc1nc(-c2ccccc2)cs1.Cl. The van der Waals surface area contributed by atoms with Gasteiger partial charge in [-0.05, 0) is 20.0 Å². The minimum Gasteiger partial charge on any atom is -0.320 e. The Morgan fingerprint density at radius 2 is 2.05 bits per heavy atom. The summed E-state index contributed by atoms with van der Waals surface area (Å²) < 4.78 is 0. The predicted octanol–water partition coefficient (Wildman–Crippen LogP) is 3.17. The standard InChI is InChI=1S/C14H17N3OS.ClH/c1-15-9-5-8-13(18)17-14-16-12(10-19-14)11-6-3-2-4-7-11;/h2-4,6-7,10,15H,5,8-9H2,1H3,(H,16,17,18);1H. The van der Waals surface area contributed by atoms with Gasteiger partial charge in [-0.25, -0.2) is 4.98 Å². The van der Waals surface area contributed by atoms with Crippen LogP contribution in [0.2, 0.25) is 0 Å². The average Bonchev–Trinajstić information content (AvgIpc) is 2.88. The Kier molecular flexibility index (Phi) is 7.22. The minimum absolute atomic E-state index is 0. The number of halogens is 1. The zero-order chi connectivity index (χ0) is 13.5. The Labute approximate surface area is 129 Å². The Balaban J connectivity index is 0.00000200. The van der Waals surface area contributed by atoms with Crippen molar-refractivity contribution in [1.82, 2.24) is 10.3 Å². The fourth-order valence-electron chi connectivity index (χ4n) is 1.68. The van der Waals surface area contributed by atoms with E-state index in [1.54, 1.807) is 0 Å². The third kappa shape index (κ3) is 4.92. The maximum atomic E-state index is 11.7. The van der Waals surface area contributed by atoms with Crippen LogP contribution in [0.15, 0.2) is 35.7 Å². The van der Waals surface area contributed by atoms with E-state index in [1.165, 1.54) is 11.3 Å². The molecule has 1 amide bonds. The van der Waals surface area contributed by atoms with E-state index in [0.29, 0.717) is 11.6 Å². The van der Waals surface area contributed by atoms with Crippen LogP contribution in [0, 0.1) is 0 Å².